The van der Waals surface area contributed by atoms with Gasteiger partial charge in [-0.15, -0.1) is 0 Å². The van der Waals surface area contributed by atoms with E-state index in [4.69, 9.17) is 4.74 Å². The van der Waals surface area contributed by atoms with Gasteiger partial charge < -0.3 is 20.3 Å². The Kier molecular flexibility index (Phi) is 6.24. The van der Waals surface area contributed by atoms with Crippen LogP contribution >= 0.6 is 0 Å². The van der Waals surface area contributed by atoms with Gasteiger partial charge in [0, 0.05) is 24.8 Å². The highest BCUT2D eigenvalue weighted by atomic mass is 16.5. The Morgan fingerprint density at radius 2 is 2.00 bits per heavy atom. The summed E-state index contributed by atoms with van der Waals surface area (Å²) in [6.07, 6.45) is 0.950. The molecule has 1 aromatic heterocycles. The van der Waals surface area contributed by atoms with Gasteiger partial charge in [-0.05, 0) is 38.5 Å². The molecule has 7 nitrogen and oxygen atoms in total. The number of nitrogens with one attached hydrogen (secondary N) is 2. The van der Waals surface area contributed by atoms with Crippen molar-refractivity contribution in [2.45, 2.75) is 33.2 Å². The average molecular weight is 369 g/mol. The fraction of sp³-hybridized carbons (Fsp3) is 0.450. The molecule has 0 bridgehead atoms. The number of para-hydroxylation sites is 2. The second-order valence-electron chi connectivity index (χ2n) is 6.74. The quantitative estimate of drug-likeness (QED) is 0.815. The largest absolute Gasteiger partial charge is 0.378 e. The lowest BCUT2D eigenvalue weighted by Crippen LogP contribution is -2.36. The maximum atomic E-state index is 12.8. The number of hydrogen-bond acceptors (Lipinski definition) is 6. The van der Waals surface area contributed by atoms with Crippen LogP contribution in [-0.4, -0.2) is 48.2 Å². The average Bonchev–Trinajstić information content (AvgIpc) is 2.68. The number of aryl methyl sites for hydroxylation is 1. The highest BCUT2D eigenvalue weighted by Gasteiger charge is 2.17. The smallest absolute Gasteiger partial charge is 0.274 e. The first-order valence-electron chi connectivity index (χ1n) is 9.42. The summed E-state index contributed by atoms with van der Waals surface area (Å²) in [7, 11) is 0. The van der Waals surface area contributed by atoms with Crippen LogP contribution in [0, 0.1) is 6.92 Å². The third-order valence-corrected chi connectivity index (χ3v) is 4.58. The second kappa shape index (κ2) is 8.81. The number of ether oxygens (including phenoxy) is 1. The summed E-state index contributed by atoms with van der Waals surface area (Å²) in [5, 5.41) is 6.24. The Morgan fingerprint density at radius 1 is 1.26 bits per heavy atom. The van der Waals surface area contributed by atoms with Crippen LogP contribution in [0.25, 0.3) is 0 Å². The highest BCUT2D eigenvalue weighted by molar-refractivity contribution is 6.04. The molecular formula is C20H27N5O2. The lowest BCUT2D eigenvalue weighted by Gasteiger charge is -2.30. The van der Waals surface area contributed by atoms with E-state index in [1.165, 1.54) is 0 Å². The molecule has 3 rings (SSSR count). The topological polar surface area (TPSA) is 79.4 Å². The number of rotatable bonds is 6. The summed E-state index contributed by atoms with van der Waals surface area (Å²) in [6, 6.07) is 9.76. The summed E-state index contributed by atoms with van der Waals surface area (Å²) in [6.45, 7) is 9.01. The van der Waals surface area contributed by atoms with Crippen LogP contribution in [0.15, 0.2) is 30.3 Å². The van der Waals surface area contributed by atoms with Gasteiger partial charge in [-0.2, -0.15) is 0 Å². The molecule has 1 aliphatic heterocycles. The van der Waals surface area contributed by atoms with Crippen molar-refractivity contribution in [2.24, 2.45) is 0 Å². The van der Waals surface area contributed by atoms with Crippen LogP contribution in [0.1, 0.15) is 36.5 Å². The molecule has 7 heteroatoms. The monoisotopic (exact) mass is 369 g/mol. The normalized spacial score (nSPS) is 15.3. The standard InChI is InChI=1S/C20H27N5O2/c1-4-14(2)21-20-22-15(3)13-17(24-20)19(26)23-16-7-5-6-8-18(16)25-9-11-27-12-10-25/h5-8,13-14H,4,9-12H2,1-3H3,(H,23,26)(H,21,22,24). The van der Waals surface area contributed by atoms with Gasteiger partial charge in [-0.1, -0.05) is 19.1 Å². The predicted octanol–water partition coefficient (Wildman–Crippen LogP) is 3.08. The number of aromatic nitrogens is 2. The summed E-state index contributed by atoms with van der Waals surface area (Å²) in [5.41, 5.74) is 2.88. The van der Waals surface area contributed by atoms with Gasteiger partial charge in [-0.25, -0.2) is 9.97 Å². The zero-order chi connectivity index (χ0) is 19.2. The Balaban J connectivity index is 1.79. The van der Waals surface area contributed by atoms with Crippen molar-refractivity contribution >= 4 is 23.2 Å². The zero-order valence-electron chi connectivity index (χ0n) is 16.2. The number of anilines is 3. The molecule has 2 heterocycles. The van der Waals surface area contributed by atoms with Gasteiger partial charge in [0.2, 0.25) is 5.95 Å². The van der Waals surface area contributed by atoms with E-state index < -0.39 is 0 Å². The molecule has 2 N–H and O–H groups in total. The summed E-state index contributed by atoms with van der Waals surface area (Å²) < 4.78 is 5.43. The van der Waals surface area contributed by atoms with Crippen molar-refractivity contribution in [1.82, 2.24) is 9.97 Å². The lowest BCUT2D eigenvalue weighted by atomic mass is 10.2. The maximum absolute atomic E-state index is 12.8. The van der Waals surface area contributed by atoms with Gasteiger partial charge in [-0.3, -0.25) is 4.79 Å². The molecule has 0 saturated carbocycles. The number of benzene rings is 1. The maximum Gasteiger partial charge on any atom is 0.274 e. The molecule has 1 saturated heterocycles. The van der Waals surface area contributed by atoms with Gasteiger partial charge in [0.15, 0.2) is 0 Å². The van der Waals surface area contributed by atoms with E-state index in [0.717, 1.165) is 36.6 Å². The Hall–Kier alpha value is -2.67. The number of amides is 1. The summed E-state index contributed by atoms with van der Waals surface area (Å²) >= 11 is 0. The summed E-state index contributed by atoms with van der Waals surface area (Å²) in [4.78, 5) is 23.8. The summed E-state index contributed by atoms with van der Waals surface area (Å²) in [5.74, 6) is 0.240. The molecule has 1 fully saturated rings. The van der Waals surface area contributed by atoms with Crippen LogP contribution in [0.2, 0.25) is 0 Å². The van der Waals surface area contributed by atoms with Gasteiger partial charge in [0.25, 0.3) is 5.91 Å². The van der Waals surface area contributed by atoms with Crippen molar-refractivity contribution in [2.75, 3.05) is 41.8 Å². The molecule has 2 aromatic rings. The first kappa shape index (κ1) is 19.1. The lowest BCUT2D eigenvalue weighted by molar-refractivity contribution is 0.102. The SMILES string of the molecule is CCC(C)Nc1nc(C)cc(C(=O)Nc2ccccc2N2CCOCC2)n1. The molecule has 1 aromatic carbocycles. The third kappa shape index (κ3) is 4.95. The number of hydrogen-bond donors (Lipinski definition) is 2. The molecule has 0 spiro atoms. The van der Waals surface area contributed by atoms with Crippen LogP contribution in [-0.2, 0) is 4.74 Å². The van der Waals surface area contributed by atoms with Crippen molar-refractivity contribution < 1.29 is 9.53 Å². The van der Waals surface area contributed by atoms with E-state index >= 15 is 0 Å². The molecule has 0 aliphatic carbocycles. The Labute approximate surface area is 160 Å². The number of carbonyl (C=O) groups is 1. The van der Waals surface area contributed by atoms with Crippen molar-refractivity contribution in [3.8, 4) is 0 Å². The van der Waals surface area contributed by atoms with E-state index in [0.29, 0.717) is 24.9 Å². The van der Waals surface area contributed by atoms with E-state index in [-0.39, 0.29) is 11.9 Å². The van der Waals surface area contributed by atoms with Crippen LogP contribution in [0.3, 0.4) is 0 Å². The molecule has 1 atom stereocenters. The van der Waals surface area contributed by atoms with Crippen LogP contribution in [0.4, 0.5) is 17.3 Å². The molecule has 1 aliphatic rings. The molecule has 144 valence electrons. The third-order valence-electron chi connectivity index (χ3n) is 4.58. The van der Waals surface area contributed by atoms with Crippen molar-refractivity contribution in [3.05, 3.63) is 41.7 Å². The second-order valence-corrected chi connectivity index (χ2v) is 6.74. The van der Waals surface area contributed by atoms with Crippen LogP contribution in [0.5, 0.6) is 0 Å². The van der Waals surface area contributed by atoms with E-state index in [9.17, 15) is 4.79 Å². The molecule has 27 heavy (non-hydrogen) atoms. The Bertz CT molecular complexity index is 790. The molecule has 1 unspecified atom stereocenters. The number of nitrogens with zero attached hydrogens (tertiary/aromatic N) is 3. The minimum atomic E-state index is -0.242. The van der Waals surface area contributed by atoms with Crippen molar-refractivity contribution in [1.29, 1.82) is 0 Å². The van der Waals surface area contributed by atoms with E-state index in [1.54, 1.807) is 6.07 Å². The molecular weight excluding hydrogens is 342 g/mol. The molecule has 1 amide bonds. The predicted molar refractivity (Wildman–Crippen MR) is 108 cm³/mol. The minimum Gasteiger partial charge on any atom is -0.378 e. The number of carbonyl (C=O) groups excluding carboxylic acids is 1. The first-order valence-corrected chi connectivity index (χ1v) is 9.42. The highest BCUT2D eigenvalue weighted by Crippen LogP contribution is 2.26. The molecule has 0 radical (unpaired) electrons. The number of morpholine rings is 1. The van der Waals surface area contributed by atoms with Gasteiger partial charge in [0.05, 0.1) is 24.6 Å². The fourth-order valence-corrected chi connectivity index (χ4v) is 2.92. The minimum absolute atomic E-state index is 0.241. The fourth-order valence-electron chi connectivity index (χ4n) is 2.92. The first-order chi connectivity index (χ1) is 13.1. The van der Waals surface area contributed by atoms with Gasteiger partial charge >= 0.3 is 0 Å². The van der Waals surface area contributed by atoms with Crippen molar-refractivity contribution in [3.63, 3.8) is 0 Å². The Morgan fingerprint density at radius 3 is 2.74 bits per heavy atom. The van der Waals surface area contributed by atoms with Gasteiger partial charge in [0.1, 0.15) is 5.69 Å². The van der Waals surface area contributed by atoms with Crippen LogP contribution < -0.4 is 15.5 Å². The van der Waals surface area contributed by atoms with E-state index in [1.807, 2.05) is 31.2 Å². The van der Waals surface area contributed by atoms with E-state index in [2.05, 4.69) is 39.3 Å². The zero-order valence-corrected chi connectivity index (χ0v) is 16.2.